The van der Waals surface area contributed by atoms with Gasteiger partial charge in [0.1, 0.15) is 11.5 Å². The molecule has 0 radical (unpaired) electrons. The standard InChI is InChI=1S/C16H16O4S/c1-4-13-5-7-14(8-6-13)20-15-9-11(2)16(12(3)10-15)21(17,18)19/h4-10H,1H2,2-3H3,(H,17,18,19). The molecule has 0 bridgehead atoms. The molecule has 21 heavy (non-hydrogen) atoms. The van der Waals surface area contributed by atoms with Gasteiger partial charge in [0.25, 0.3) is 10.1 Å². The summed E-state index contributed by atoms with van der Waals surface area (Å²) in [6.07, 6.45) is 1.74. The molecule has 0 aliphatic heterocycles. The highest BCUT2D eigenvalue weighted by Crippen LogP contribution is 2.29. The molecule has 2 aromatic rings. The molecule has 0 saturated carbocycles. The molecule has 0 unspecified atom stereocenters. The highest BCUT2D eigenvalue weighted by atomic mass is 32.2. The Hall–Kier alpha value is -2.11. The van der Waals surface area contributed by atoms with Crippen LogP contribution in [0.25, 0.3) is 6.08 Å². The van der Waals surface area contributed by atoms with Gasteiger partial charge in [-0.2, -0.15) is 8.42 Å². The van der Waals surface area contributed by atoms with E-state index in [4.69, 9.17) is 4.74 Å². The van der Waals surface area contributed by atoms with Crippen LogP contribution in [-0.2, 0) is 10.1 Å². The van der Waals surface area contributed by atoms with Gasteiger partial charge in [-0.15, -0.1) is 0 Å². The smallest absolute Gasteiger partial charge is 0.295 e. The van der Waals surface area contributed by atoms with Crippen LogP contribution in [0.2, 0.25) is 0 Å². The van der Waals surface area contributed by atoms with Gasteiger partial charge in [0, 0.05) is 0 Å². The Kier molecular flexibility index (Phi) is 4.16. The van der Waals surface area contributed by atoms with Gasteiger partial charge in [-0.3, -0.25) is 4.55 Å². The first-order chi connectivity index (χ1) is 9.81. The quantitative estimate of drug-likeness (QED) is 0.868. The molecule has 0 saturated heterocycles. The van der Waals surface area contributed by atoms with Crippen molar-refractivity contribution in [3.63, 3.8) is 0 Å². The van der Waals surface area contributed by atoms with E-state index in [1.54, 1.807) is 44.2 Å². The van der Waals surface area contributed by atoms with Crippen molar-refractivity contribution in [2.75, 3.05) is 0 Å². The summed E-state index contributed by atoms with van der Waals surface area (Å²) in [5, 5.41) is 0. The van der Waals surface area contributed by atoms with Gasteiger partial charge >= 0.3 is 0 Å². The molecule has 2 rings (SSSR count). The molecular weight excluding hydrogens is 288 g/mol. The second kappa shape index (κ2) is 5.71. The first kappa shape index (κ1) is 15.3. The van der Waals surface area contributed by atoms with E-state index >= 15 is 0 Å². The predicted octanol–water partition coefficient (Wildman–Crippen LogP) is 3.99. The highest BCUT2D eigenvalue weighted by Gasteiger charge is 2.17. The molecule has 0 amide bonds. The fraction of sp³-hybridized carbons (Fsp3) is 0.125. The Balaban J connectivity index is 2.35. The predicted molar refractivity (Wildman–Crippen MR) is 82.3 cm³/mol. The van der Waals surface area contributed by atoms with Gasteiger partial charge < -0.3 is 4.74 Å². The molecule has 4 nitrogen and oxygen atoms in total. The van der Waals surface area contributed by atoms with Crippen LogP contribution in [0.5, 0.6) is 11.5 Å². The van der Waals surface area contributed by atoms with E-state index in [9.17, 15) is 13.0 Å². The number of rotatable bonds is 4. The summed E-state index contributed by atoms with van der Waals surface area (Å²) in [5.74, 6) is 1.16. The van der Waals surface area contributed by atoms with Crippen molar-refractivity contribution in [3.8, 4) is 11.5 Å². The summed E-state index contributed by atoms with van der Waals surface area (Å²) < 4.78 is 37.5. The average molecular weight is 304 g/mol. The average Bonchev–Trinajstić information content (AvgIpc) is 2.37. The first-order valence-electron chi connectivity index (χ1n) is 6.30. The topological polar surface area (TPSA) is 63.6 Å². The molecular formula is C16H16O4S. The SMILES string of the molecule is C=Cc1ccc(Oc2cc(C)c(S(=O)(=O)O)c(C)c2)cc1. The lowest BCUT2D eigenvalue weighted by Crippen LogP contribution is -2.04. The van der Waals surface area contributed by atoms with Crippen LogP contribution in [0.1, 0.15) is 16.7 Å². The van der Waals surface area contributed by atoms with Crippen molar-refractivity contribution in [1.29, 1.82) is 0 Å². The van der Waals surface area contributed by atoms with Crippen molar-refractivity contribution in [2.24, 2.45) is 0 Å². The highest BCUT2D eigenvalue weighted by molar-refractivity contribution is 7.86. The second-order valence-corrected chi connectivity index (χ2v) is 6.09. The zero-order valence-corrected chi connectivity index (χ0v) is 12.6. The summed E-state index contributed by atoms with van der Waals surface area (Å²) in [7, 11) is -4.23. The Bertz CT molecular complexity index is 751. The molecule has 0 atom stereocenters. The monoisotopic (exact) mass is 304 g/mol. The van der Waals surface area contributed by atoms with Crippen molar-refractivity contribution in [1.82, 2.24) is 0 Å². The Morgan fingerprint density at radius 2 is 1.57 bits per heavy atom. The molecule has 0 heterocycles. The third-order valence-corrected chi connectivity index (χ3v) is 4.20. The van der Waals surface area contributed by atoms with E-state index in [0.29, 0.717) is 22.6 Å². The maximum atomic E-state index is 11.3. The zero-order chi connectivity index (χ0) is 15.6. The number of hydrogen-bond acceptors (Lipinski definition) is 3. The lowest BCUT2D eigenvalue weighted by molar-refractivity contribution is 0.476. The van der Waals surface area contributed by atoms with E-state index < -0.39 is 10.1 Å². The maximum Gasteiger partial charge on any atom is 0.295 e. The fourth-order valence-corrected chi connectivity index (χ4v) is 3.12. The molecule has 110 valence electrons. The molecule has 0 aliphatic carbocycles. The number of hydrogen-bond donors (Lipinski definition) is 1. The third-order valence-electron chi connectivity index (χ3n) is 3.04. The van der Waals surface area contributed by atoms with Gasteiger partial charge in [0.05, 0.1) is 4.90 Å². The number of aryl methyl sites for hydroxylation is 2. The Morgan fingerprint density at radius 1 is 1.05 bits per heavy atom. The van der Waals surface area contributed by atoms with Gasteiger partial charge in [0.2, 0.25) is 0 Å². The Labute approximate surface area is 124 Å². The Morgan fingerprint density at radius 3 is 2.00 bits per heavy atom. The molecule has 1 N–H and O–H groups in total. The minimum atomic E-state index is -4.23. The molecule has 2 aromatic carbocycles. The van der Waals surface area contributed by atoms with E-state index in [0.717, 1.165) is 5.56 Å². The van der Waals surface area contributed by atoms with E-state index in [2.05, 4.69) is 6.58 Å². The molecule has 5 heteroatoms. The normalized spacial score (nSPS) is 11.2. The van der Waals surface area contributed by atoms with E-state index in [1.807, 2.05) is 12.1 Å². The summed E-state index contributed by atoms with van der Waals surface area (Å²) >= 11 is 0. The summed E-state index contributed by atoms with van der Waals surface area (Å²) in [5.41, 5.74) is 1.86. The largest absolute Gasteiger partial charge is 0.457 e. The van der Waals surface area contributed by atoms with Crippen LogP contribution in [0, 0.1) is 13.8 Å². The summed E-state index contributed by atoms with van der Waals surface area (Å²) in [6, 6.07) is 10.5. The van der Waals surface area contributed by atoms with Crippen LogP contribution in [-0.4, -0.2) is 13.0 Å². The molecule has 0 fully saturated rings. The van der Waals surface area contributed by atoms with Crippen LogP contribution in [0.15, 0.2) is 47.9 Å². The first-order valence-corrected chi connectivity index (χ1v) is 7.74. The van der Waals surface area contributed by atoms with Crippen molar-refractivity contribution in [2.45, 2.75) is 18.7 Å². The lowest BCUT2D eigenvalue weighted by Gasteiger charge is -2.11. The number of ether oxygens (including phenoxy) is 1. The van der Waals surface area contributed by atoms with Crippen molar-refractivity contribution in [3.05, 3.63) is 59.7 Å². The minimum absolute atomic E-state index is 0.0724. The number of benzene rings is 2. The van der Waals surface area contributed by atoms with Crippen LogP contribution < -0.4 is 4.74 Å². The van der Waals surface area contributed by atoms with Crippen LogP contribution in [0.4, 0.5) is 0 Å². The van der Waals surface area contributed by atoms with Gasteiger partial charge in [-0.1, -0.05) is 24.8 Å². The minimum Gasteiger partial charge on any atom is -0.457 e. The summed E-state index contributed by atoms with van der Waals surface area (Å²) in [6.45, 7) is 6.91. The fourth-order valence-electron chi connectivity index (χ4n) is 2.18. The van der Waals surface area contributed by atoms with E-state index in [-0.39, 0.29) is 4.90 Å². The van der Waals surface area contributed by atoms with Gasteiger partial charge in [-0.25, -0.2) is 0 Å². The molecule has 0 aliphatic rings. The van der Waals surface area contributed by atoms with Crippen molar-refractivity contribution < 1.29 is 17.7 Å². The van der Waals surface area contributed by atoms with E-state index in [1.165, 1.54) is 0 Å². The second-order valence-electron chi connectivity index (χ2n) is 4.74. The van der Waals surface area contributed by atoms with Crippen LogP contribution >= 0.6 is 0 Å². The van der Waals surface area contributed by atoms with Crippen LogP contribution in [0.3, 0.4) is 0 Å². The van der Waals surface area contributed by atoms with Gasteiger partial charge in [0.15, 0.2) is 0 Å². The zero-order valence-electron chi connectivity index (χ0n) is 11.8. The van der Waals surface area contributed by atoms with Crippen molar-refractivity contribution >= 4 is 16.2 Å². The molecule has 0 aromatic heterocycles. The third kappa shape index (κ3) is 3.51. The lowest BCUT2D eigenvalue weighted by atomic mass is 10.1. The maximum absolute atomic E-state index is 11.3. The summed E-state index contributed by atoms with van der Waals surface area (Å²) in [4.78, 5) is -0.0724. The van der Waals surface area contributed by atoms with Gasteiger partial charge in [-0.05, 0) is 54.8 Å². The molecule has 0 spiro atoms.